The minimum atomic E-state index is -1.11. The van der Waals surface area contributed by atoms with Gasteiger partial charge in [0.05, 0.1) is 23.4 Å². The highest BCUT2D eigenvalue weighted by Gasteiger charge is 2.26. The smallest absolute Gasteiger partial charge is 0.408 e. The van der Waals surface area contributed by atoms with Crippen LogP contribution in [0.4, 0.5) is 27.5 Å². The summed E-state index contributed by atoms with van der Waals surface area (Å²) in [5.41, 5.74) is 0.387. The zero-order chi connectivity index (χ0) is 25.3. The van der Waals surface area contributed by atoms with Gasteiger partial charge in [0.1, 0.15) is 11.6 Å². The molecule has 1 atom stereocenters. The Hall–Kier alpha value is -4.15. The Labute approximate surface area is 197 Å². The molecule has 0 heterocycles. The molecule has 0 saturated carbocycles. The minimum Gasteiger partial charge on any atom is -0.467 e. The second-order valence-electron chi connectivity index (χ2n) is 8.29. The van der Waals surface area contributed by atoms with Crippen molar-refractivity contribution in [3.8, 4) is 0 Å². The summed E-state index contributed by atoms with van der Waals surface area (Å²) in [7, 11) is 1.16. The number of anilines is 3. The molecule has 0 aliphatic rings. The molecular formula is C23H28N4O7. The summed E-state index contributed by atoms with van der Waals surface area (Å²) in [5.74, 6) is -1.25. The molecule has 0 bridgehead atoms. The van der Waals surface area contributed by atoms with Crippen molar-refractivity contribution in [2.75, 3.05) is 17.7 Å². The molecule has 11 nitrogen and oxygen atoms in total. The number of amides is 2. The zero-order valence-corrected chi connectivity index (χ0v) is 19.4. The number of rotatable bonds is 9. The summed E-state index contributed by atoms with van der Waals surface area (Å²) in [6, 6.07) is 12.0. The first kappa shape index (κ1) is 26.1. The van der Waals surface area contributed by atoms with E-state index in [4.69, 9.17) is 9.47 Å². The van der Waals surface area contributed by atoms with Crippen molar-refractivity contribution in [1.29, 1.82) is 0 Å². The summed E-state index contributed by atoms with van der Waals surface area (Å²) < 4.78 is 9.84. The lowest BCUT2D eigenvalue weighted by Crippen LogP contribution is -2.44. The summed E-state index contributed by atoms with van der Waals surface area (Å²) in [6.45, 7) is 5.02. The van der Waals surface area contributed by atoms with E-state index in [0.717, 1.165) is 12.8 Å². The number of esters is 1. The van der Waals surface area contributed by atoms with Crippen LogP contribution in [0.2, 0.25) is 0 Å². The van der Waals surface area contributed by atoms with Crippen LogP contribution < -0.4 is 16.0 Å². The average Bonchev–Trinajstić information content (AvgIpc) is 2.76. The highest BCUT2D eigenvalue weighted by atomic mass is 16.6. The first-order chi connectivity index (χ1) is 16.0. The zero-order valence-electron chi connectivity index (χ0n) is 19.4. The summed E-state index contributed by atoms with van der Waals surface area (Å²) in [6.07, 6.45) is -1.08. The van der Waals surface area contributed by atoms with Crippen molar-refractivity contribution in [3.63, 3.8) is 0 Å². The largest absolute Gasteiger partial charge is 0.467 e. The third-order valence-corrected chi connectivity index (χ3v) is 4.38. The Morgan fingerprint density at radius 3 is 2.32 bits per heavy atom. The molecule has 2 rings (SSSR count). The number of carbonyl (C=O) groups is 3. The van der Waals surface area contributed by atoms with E-state index in [1.54, 1.807) is 32.9 Å². The molecule has 0 saturated heterocycles. The third-order valence-electron chi connectivity index (χ3n) is 4.38. The molecule has 2 amide bonds. The maximum Gasteiger partial charge on any atom is 0.408 e. The molecule has 0 aliphatic carbocycles. The van der Waals surface area contributed by atoms with Gasteiger partial charge in [0.15, 0.2) is 0 Å². The van der Waals surface area contributed by atoms with Crippen molar-refractivity contribution in [2.45, 2.75) is 45.3 Å². The molecule has 11 heteroatoms. The first-order valence-corrected chi connectivity index (χ1v) is 10.5. The van der Waals surface area contributed by atoms with Gasteiger partial charge in [-0.05, 0) is 45.4 Å². The Bertz CT molecular complexity index is 1040. The van der Waals surface area contributed by atoms with Gasteiger partial charge in [-0.15, -0.1) is 0 Å². The van der Waals surface area contributed by atoms with Gasteiger partial charge in [0.25, 0.3) is 5.69 Å². The van der Waals surface area contributed by atoms with Gasteiger partial charge >= 0.3 is 12.1 Å². The lowest BCUT2D eigenvalue weighted by atomic mass is 10.1. The van der Waals surface area contributed by atoms with E-state index in [1.807, 2.05) is 18.2 Å². The van der Waals surface area contributed by atoms with Gasteiger partial charge in [-0.25, -0.2) is 9.59 Å². The molecule has 0 aliphatic heterocycles. The molecule has 2 aromatic rings. The number of ether oxygens (including phenoxy) is 2. The van der Waals surface area contributed by atoms with E-state index < -0.39 is 34.5 Å². The molecule has 0 radical (unpaired) electrons. The Kier molecular flexibility index (Phi) is 8.94. The van der Waals surface area contributed by atoms with Gasteiger partial charge in [0.2, 0.25) is 5.91 Å². The van der Waals surface area contributed by atoms with Crippen LogP contribution in [0.25, 0.3) is 0 Å². The first-order valence-electron chi connectivity index (χ1n) is 10.5. The molecule has 1 unspecified atom stereocenters. The number of nitro groups is 1. The third kappa shape index (κ3) is 8.41. The predicted octanol–water partition coefficient (Wildman–Crippen LogP) is 4.12. The number of nitrogens with one attached hydrogen (secondary N) is 3. The summed E-state index contributed by atoms with van der Waals surface area (Å²) in [5, 5.41) is 19.3. The Morgan fingerprint density at radius 2 is 1.74 bits per heavy atom. The number of benzene rings is 2. The topological polar surface area (TPSA) is 149 Å². The second kappa shape index (κ2) is 11.6. The molecule has 0 aromatic heterocycles. The fourth-order valence-corrected chi connectivity index (χ4v) is 2.86. The highest BCUT2D eigenvalue weighted by Crippen LogP contribution is 2.30. The van der Waals surface area contributed by atoms with Crippen molar-refractivity contribution in [1.82, 2.24) is 5.32 Å². The quantitative estimate of drug-likeness (QED) is 0.280. The number of nitro benzene ring substituents is 1. The maximum atomic E-state index is 12.6. The number of alkyl carbamates (subject to hydrolysis) is 1. The van der Waals surface area contributed by atoms with Crippen molar-refractivity contribution >= 4 is 40.7 Å². The van der Waals surface area contributed by atoms with E-state index in [-0.39, 0.29) is 24.2 Å². The van der Waals surface area contributed by atoms with Crippen LogP contribution in [0.5, 0.6) is 0 Å². The van der Waals surface area contributed by atoms with Gasteiger partial charge in [-0.2, -0.15) is 0 Å². The van der Waals surface area contributed by atoms with Crippen molar-refractivity contribution in [2.24, 2.45) is 0 Å². The van der Waals surface area contributed by atoms with E-state index >= 15 is 0 Å². The fraction of sp³-hybridized carbons (Fsp3) is 0.348. The summed E-state index contributed by atoms with van der Waals surface area (Å²) in [4.78, 5) is 47.3. The Balaban J connectivity index is 2.11. The standard InChI is InChI=1S/C23H28N4O7/c1-23(2,3)34-22(30)26-18(21(29)33-4)12-13-20(28)25-19-14-16(27(31)32)10-11-17(19)24-15-8-6-5-7-9-15/h5-11,14,18,24H,12-13H2,1-4H3,(H,25,28)(H,26,30). The normalized spacial score (nSPS) is 11.6. The number of para-hydroxylation sites is 1. The average molecular weight is 472 g/mol. The molecule has 0 spiro atoms. The predicted molar refractivity (Wildman–Crippen MR) is 126 cm³/mol. The van der Waals surface area contributed by atoms with Gasteiger partial charge in [0, 0.05) is 24.2 Å². The number of hydrogen-bond donors (Lipinski definition) is 3. The fourth-order valence-electron chi connectivity index (χ4n) is 2.86. The lowest BCUT2D eigenvalue weighted by molar-refractivity contribution is -0.384. The molecule has 34 heavy (non-hydrogen) atoms. The minimum absolute atomic E-state index is 0.0753. The van der Waals surface area contributed by atoms with Gasteiger partial charge in [-0.3, -0.25) is 14.9 Å². The van der Waals surface area contributed by atoms with Gasteiger partial charge in [-0.1, -0.05) is 18.2 Å². The molecule has 182 valence electrons. The number of carbonyl (C=O) groups excluding carboxylic acids is 3. The van der Waals surface area contributed by atoms with E-state index in [2.05, 4.69) is 16.0 Å². The van der Waals surface area contributed by atoms with Gasteiger partial charge < -0.3 is 25.4 Å². The van der Waals surface area contributed by atoms with Crippen LogP contribution in [-0.2, 0) is 19.1 Å². The number of nitrogens with zero attached hydrogens (tertiary/aromatic N) is 1. The highest BCUT2D eigenvalue weighted by molar-refractivity contribution is 5.96. The maximum absolute atomic E-state index is 12.6. The molecule has 0 fully saturated rings. The second-order valence-corrected chi connectivity index (χ2v) is 8.29. The van der Waals surface area contributed by atoms with Crippen LogP contribution in [0.1, 0.15) is 33.6 Å². The van der Waals surface area contributed by atoms with E-state index in [1.165, 1.54) is 18.2 Å². The van der Waals surface area contributed by atoms with Crippen LogP contribution in [0, 0.1) is 10.1 Å². The van der Waals surface area contributed by atoms with Crippen LogP contribution >= 0.6 is 0 Å². The monoisotopic (exact) mass is 472 g/mol. The van der Waals surface area contributed by atoms with E-state index in [0.29, 0.717) is 5.69 Å². The van der Waals surface area contributed by atoms with Crippen LogP contribution in [-0.4, -0.2) is 41.6 Å². The van der Waals surface area contributed by atoms with E-state index in [9.17, 15) is 24.5 Å². The van der Waals surface area contributed by atoms with Crippen LogP contribution in [0.3, 0.4) is 0 Å². The SMILES string of the molecule is COC(=O)C(CCC(=O)Nc1cc([N+](=O)[O-])ccc1Nc1ccccc1)NC(=O)OC(C)(C)C. The van der Waals surface area contributed by atoms with Crippen LogP contribution in [0.15, 0.2) is 48.5 Å². The summed E-state index contributed by atoms with van der Waals surface area (Å²) >= 11 is 0. The molecular weight excluding hydrogens is 444 g/mol. The number of methoxy groups -OCH3 is 1. The number of non-ortho nitro benzene ring substituents is 1. The molecule has 2 aromatic carbocycles. The Morgan fingerprint density at radius 1 is 1.06 bits per heavy atom. The molecule has 3 N–H and O–H groups in total. The van der Waals surface area contributed by atoms with Crippen molar-refractivity contribution < 1.29 is 28.8 Å². The van der Waals surface area contributed by atoms with Crippen molar-refractivity contribution in [3.05, 3.63) is 58.6 Å². The number of hydrogen-bond acceptors (Lipinski definition) is 8. The lowest BCUT2D eigenvalue weighted by Gasteiger charge is -2.22.